The van der Waals surface area contributed by atoms with Crippen molar-refractivity contribution in [3.63, 3.8) is 0 Å². The minimum atomic E-state index is -0.325. The normalized spacial score (nSPS) is 13.9. The molecule has 0 fully saturated rings. The van der Waals surface area contributed by atoms with Gasteiger partial charge in [0, 0.05) is 49.5 Å². The number of carbonyl (C=O) groups excluding carboxylic acids is 1. The topological polar surface area (TPSA) is 26.9 Å². The summed E-state index contributed by atoms with van der Waals surface area (Å²) in [5, 5.41) is 4.98. The Morgan fingerprint density at radius 3 is 1.70 bits per heavy atom. The van der Waals surface area contributed by atoms with Gasteiger partial charge in [-0.05, 0) is 75.7 Å². The van der Waals surface area contributed by atoms with Crippen LogP contribution in [0.5, 0.6) is 0 Å². The SMILES string of the molecule is CC(C)(C)c1ccc2c3ccc(-n4c5ccccc5c5ccccc54)cc3n(-c3ccc(-c4cccc5c4C(C)(C)c4ccccc4C5=O)cc3)c2c1. The fourth-order valence-corrected chi connectivity index (χ4v) is 9.04. The van der Waals surface area contributed by atoms with E-state index in [1.165, 1.54) is 49.2 Å². The van der Waals surface area contributed by atoms with E-state index in [0.717, 1.165) is 44.8 Å². The molecule has 3 nitrogen and oxygen atoms in total. The molecule has 2 aromatic heterocycles. The number of aromatic nitrogens is 2. The molecule has 9 aromatic rings. The molecule has 1 aliphatic carbocycles. The molecule has 10 rings (SSSR count). The molecule has 0 bridgehead atoms. The number of fused-ring (bicyclic) bond motifs is 8. The van der Waals surface area contributed by atoms with Gasteiger partial charge in [-0.3, -0.25) is 4.79 Å². The van der Waals surface area contributed by atoms with Gasteiger partial charge < -0.3 is 9.13 Å². The van der Waals surface area contributed by atoms with Crippen molar-refractivity contribution in [3.05, 3.63) is 179 Å². The summed E-state index contributed by atoms with van der Waals surface area (Å²) in [5.74, 6) is 0.104. The van der Waals surface area contributed by atoms with Crippen molar-refractivity contribution in [2.45, 2.75) is 45.4 Å². The van der Waals surface area contributed by atoms with Crippen molar-refractivity contribution in [3.8, 4) is 22.5 Å². The number of hydrogen-bond acceptors (Lipinski definition) is 1. The molecular weight excluding hydrogens is 645 g/mol. The molecule has 0 atom stereocenters. The van der Waals surface area contributed by atoms with Crippen LogP contribution in [0.1, 0.15) is 67.2 Å². The molecule has 53 heavy (non-hydrogen) atoms. The van der Waals surface area contributed by atoms with E-state index in [9.17, 15) is 4.79 Å². The first-order valence-corrected chi connectivity index (χ1v) is 18.6. The van der Waals surface area contributed by atoms with E-state index in [4.69, 9.17) is 0 Å². The lowest BCUT2D eigenvalue weighted by Gasteiger charge is -2.36. The summed E-state index contributed by atoms with van der Waals surface area (Å²) in [5.41, 5.74) is 14.0. The minimum Gasteiger partial charge on any atom is -0.309 e. The van der Waals surface area contributed by atoms with Crippen LogP contribution >= 0.6 is 0 Å². The quantitative estimate of drug-likeness (QED) is 0.182. The number of benzene rings is 7. The van der Waals surface area contributed by atoms with Gasteiger partial charge in [0.25, 0.3) is 0 Å². The van der Waals surface area contributed by atoms with Crippen LogP contribution < -0.4 is 0 Å². The van der Waals surface area contributed by atoms with Gasteiger partial charge in [0.05, 0.1) is 22.1 Å². The Labute approximate surface area is 309 Å². The van der Waals surface area contributed by atoms with Crippen molar-refractivity contribution in [2.75, 3.05) is 0 Å². The highest BCUT2D eigenvalue weighted by Gasteiger charge is 2.38. The Morgan fingerprint density at radius 2 is 1.00 bits per heavy atom. The van der Waals surface area contributed by atoms with E-state index in [-0.39, 0.29) is 16.6 Å². The van der Waals surface area contributed by atoms with Crippen LogP contribution in [0.15, 0.2) is 152 Å². The second-order valence-corrected chi connectivity index (χ2v) is 16.2. The van der Waals surface area contributed by atoms with Crippen LogP contribution in [0.2, 0.25) is 0 Å². The van der Waals surface area contributed by atoms with Gasteiger partial charge in [-0.1, -0.05) is 144 Å². The predicted octanol–water partition coefficient (Wildman–Crippen LogP) is 12.7. The van der Waals surface area contributed by atoms with Crippen molar-refractivity contribution in [2.24, 2.45) is 0 Å². The molecule has 256 valence electrons. The molecule has 0 unspecified atom stereocenters. The second-order valence-electron chi connectivity index (χ2n) is 16.2. The first kappa shape index (κ1) is 31.5. The Morgan fingerprint density at radius 1 is 0.472 bits per heavy atom. The zero-order valence-electron chi connectivity index (χ0n) is 30.7. The van der Waals surface area contributed by atoms with Gasteiger partial charge in [-0.2, -0.15) is 0 Å². The highest BCUT2D eigenvalue weighted by molar-refractivity contribution is 6.15. The molecule has 2 heterocycles. The predicted molar refractivity (Wildman–Crippen MR) is 221 cm³/mol. The average Bonchev–Trinajstić information content (AvgIpc) is 3.69. The van der Waals surface area contributed by atoms with E-state index in [2.05, 4.69) is 165 Å². The number of hydrogen-bond donors (Lipinski definition) is 0. The lowest BCUT2D eigenvalue weighted by Crippen LogP contribution is -2.31. The van der Waals surface area contributed by atoms with E-state index in [1.54, 1.807) is 0 Å². The number of ketones is 1. The van der Waals surface area contributed by atoms with Crippen molar-refractivity contribution >= 4 is 49.4 Å². The minimum absolute atomic E-state index is 0.00270. The van der Waals surface area contributed by atoms with Gasteiger partial charge in [-0.25, -0.2) is 0 Å². The van der Waals surface area contributed by atoms with Gasteiger partial charge >= 0.3 is 0 Å². The molecule has 0 aliphatic heterocycles. The largest absolute Gasteiger partial charge is 0.309 e. The van der Waals surface area contributed by atoms with Crippen molar-refractivity contribution in [1.29, 1.82) is 0 Å². The highest BCUT2D eigenvalue weighted by atomic mass is 16.1. The Bertz CT molecular complexity index is 2910. The molecule has 0 saturated heterocycles. The molecule has 0 radical (unpaired) electrons. The number of nitrogens with zero attached hydrogens (tertiary/aromatic N) is 2. The van der Waals surface area contributed by atoms with Gasteiger partial charge in [-0.15, -0.1) is 0 Å². The Hall–Kier alpha value is -6.19. The summed E-state index contributed by atoms with van der Waals surface area (Å²) in [6.07, 6.45) is 0. The smallest absolute Gasteiger partial charge is 0.193 e. The molecule has 1 aliphatic rings. The van der Waals surface area contributed by atoms with Gasteiger partial charge in [0.2, 0.25) is 0 Å². The maximum absolute atomic E-state index is 13.8. The fraction of sp³-hybridized carbons (Fsp3) is 0.140. The van der Waals surface area contributed by atoms with Crippen LogP contribution in [0.25, 0.3) is 66.1 Å². The summed E-state index contributed by atoms with van der Waals surface area (Å²) >= 11 is 0. The zero-order valence-corrected chi connectivity index (χ0v) is 30.7. The monoisotopic (exact) mass is 684 g/mol. The van der Waals surface area contributed by atoms with E-state index >= 15 is 0 Å². The van der Waals surface area contributed by atoms with Crippen LogP contribution in [-0.2, 0) is 10.8 Å². The molecule has 0 amide bonds. The van der Waals surface area contributed by atoms with Crippen LogP contribution in [0, 0.1) is 0 Å². The van der Waals surface area contributed by atoms with Gasteiger partial charge in [0.15, 0.2) is 5.78 Å². The molecule has 0 saturated carbocycles. The second kappa shape index (κ2) is 11.2. The highest BCUT2D eigenvalue weighted by Crippen LogP contribution is 2.46. The zero-order chi connectivity index (χ0) is 36.2. The first-order valence-electron chi connectivity index (χ1n) is 18.6. The van der Waals surface area contributed by atoms with Crippen LogP contribution in [0.3, 0.4) is 0 Å². The molecule has 7 aromatic carbocycles. The Kier molecular flexibility index (Phi) is 6.64. The van der Waals surface area contributed by atoms with Crippen molar-refractivity contribution in [1.82, 2.24) is 9.13 Å². The fourth-order valence-electron chi connectivity index (χ4n) is 9.04. The molecule has 0 N–H and O–H groups in total. The Balaban J connectivity index is 1.18. The molecular formula is C50H40N2O. The maximum Gasteiger partial charge on any atom is 0.193 e. The third-order valence-electron chi connectivity index (χ3n) is 11.7. The lowest BCUT2D eigenvalue weighted by molar-refractivity contribution is 0.103. The summed E-state index contributed by atoms with van der Waals surface area (Å²) in [7, 11) is 0. The lowest BCUT2D eigenvalue weighted by atomic mass is 9.66. The number of rotatable bonds is 3. The van der Waals surface area contributed by atoms with E-state index in [0.29, 0.717) is 0 Å². The van der Waals surface area contributed by atoms with Crippen molar-refractivity contribution < 1.29 is 4.79 Å². The summed E-state index contributed by atoms with van der Waals surface area (Å²) in [6, 6.07) is 54.5. The first-order chi connectivity index (χ1) is 25.6. The molecule has 0 spiro atoms. The van der Waals surface area contributed by atoms with E-state index < -0.39 is 0 Å². The van der Waals surface area contributed by atoms with Crippen LogP contribution in [0.4, 0.5) is 0 Å². The third-order valence-corrected chi connectivity index (χ3v) is 11.7. The third kappa shape index (κ3) is 4.56. The average molecular weight is 685 g/mol. The maximum atomic E-state index is 13.8. The molecule has 3 heteroatoms. The summed E-state index contributed by atoms with van der Waals surface area (Å²) in [4.78, 5) is 13.8. The summed E-state index contributed by atoms with van der Waals surface area (Å²) < 4.78 is 4.83. The van der Waals surface area contributed by atoms with Crippen LogP contribution in [-0.4, -0.2) is 14.9 Å². The number of carbonyl (C=O) groups is 1. The summed E-state index contributed by atoms with van der Waals surface area (Å²) in [6.45, 7) is 11.3. The standard InChI is InChI=1S/C50H40N2O/c1-49(2,3)32-23-27-38-39-28-26-34(52-43-19-10-7-13-36(43)37-14-8-11-20-44(37)52)30-46(39)51(45(38)29-32)33-24-21-31(22-25-33)35-16-12-17-41-47(35)50(4,5)42-18-9-6-15-40(42)48(41)53/h6-30H,1-5H3. The van der Waals surface area contributed by atoms with E-state index in [1.807, 2.05) is 30.3 Å². The van der Waals surface area contributed by atoms with Gasteiger partial charge in [0.1, 0.15) is 0 Å². The number of para-hydroxylation sites is 2.